The van der Waals surface area contributed by atoms with Gasteiger partial charge in [-0.3, -0.25) is 9.59 Å². The van der Waals surface area contributed by atoms with Crippen LogP contribution in [-0.4, -0.2) is 60.0 Å². The van der Waals surface area contributed by atoms with Gasteiger partial charge in [-0.2, -0.15) is 0 Å². The Labute approximate surface area is 327 Å². The van der Waals surface area contributed by atoms with Gasteiger partial charge in [-0.05, 0) is 146 Å². The minimum absolute atomic E-state index is 0.0925. The van der Waals surface area contributed by atoms with Gasteiger partial charge in [-0.1, -0.05) is 74.0 Å². The van der Waals surface area contributed by atoms with E-state index in [1.807, 2.05) is 25.4 Å². The number of aliphatic hydroxyl groups is 2. The Morgan fingerprint density at radius 2 is 1.64 bits per heavy atom. The maximum absolute atomic E-state index is 13.0. The number of aliphatic hydroxyl groups excluding tert-OH is 2. The molecule has 0 aromatic heterocycles. The first-order valence-electron chi connectivity index (χ1n) is 19.8. The Kier molecular flexibility index (Phi) is 18.4. The zero-order valence-electron chi connectivity index (χ0n) is 32.6. The molecule has 9 heteroatoms. The number of ether oxygens (including phenoxy) is 1. The highest BCUT2D eigenvalue weighted by atomic mass is 16.6. The number of aromatic hydroxyl groups is 1. The summed E-state index contributed by atoms with van der Waals surface area (Å²) in [5.74, 6) is 0.510. The van der Waals surface area contributed by atoms with Crippen molar-refractivity contribution in [3.05, 3.63) is 124 Å². The predicted molar refractivity (Wildman–Crippen MR) is 220 cm³/mol. The minimum Gasteiger partial charge on any atom is -0.504 e. The maximum atomic E-state index is 13.0. The molecule has 3 aromatic rings. The number of allylic oxidation sites excluding steroid dienone is 3. The number of carbonyl (C=O) groups is 2. The van der Waals surface area contributed by atoms with Crippen molar-refractivity contribution in [2.24, 2.45) is 17.6 Å². The molecule has 3 unspecified atom stereocenters. The second-order valence-electron chi connectivity index (χ2n) is 14.9. The molecule has 0 radical (unpaired) electrons. The van der Waals surface area contributed by atoms with E-state index in [4.69, 9.17) is 10.5 Å². The molecule has 55 heavy (non-hydrogen) atoms. The molecule has 9 nitrogen and oxygen atoms in total. The summed E-state index contributed by atoms with van der Waals surface area (Å²) in [7, 11) is 1.94. The molecule has 0 amide bonds. The number of nitrogens with two attached hydrogens (primary N) is 1. The van der Waals surface area contributed by atoms with Gasteiger partial charge in [0.1, 0.15) is 5.78 Å². The molecule has 0 aliphatic carbocycles. The van der Waals surface area contributed by atoms with Gasteiger partial charge in [0.25, 0.3) is 0 Å². The van der Waals surface area contributed by atoms with Gasteiger partial charge in [0, 0.05) is 19.2 Å². The second-order valence-corrected chi connectivity index (χ2v) is 14.9. The Hall–Kier alpha value is -4.54. The van der Waals surface area contributed by atoms with Crippen molar-refractivity contribution in [1.82, 2.24) is 10.6 Å². The van der Waals surface area contributed by atoms with Crippen molar-refractivity contribution in [2.75, 3.05) is 27.0 Å². The average molecular weight is 752 g/mol. The summed E-state index contributed by atoms with van der Waals surface area (Å²) in [6, 6.07) is 22.4. The fourth-order valence-electron chi connectivity index (χ4n) is 7.42. The van der Waals surface area contributed by atoms with Crippen molar-refractivity contribution < 1.29 is 29.6 Å². The Morgan fingerprint density at radius 3 is 2.36 bits per heavy atom. The van der Waals surface area contributed by atoms with Crippen LogP contribution in [0.1, 0.15) is 86.1 Å². The topological polar surface area (TPSA) is 154 Å². The first-order valence-corrected chi connectivity index (χ1v) is 19.8. The van der Waals surface area contributed by atoms with Crippen molar-refractivity contribution in [3.8, 4) is 11.5 Å². The quantitative estimate of drug-likeness (QED) is 0.0315. The molecule has 1 heterocycles. The van der Waals surface area contributed by atoms with Crippen molar-refractivity contribution in [1.29, 1.82) is 0 Å². The van der Waals surface area contributed by atoms with Crippen LogP contribution in [0.15, 0.2) is 96.2 Å². The van der Waals surface area contributed by atoms with Gasteiger partial charge < -0.3 is 36.4 Å². The van der Waals surface area contributed by atoms with Crippen LogP contribution in [0.3, 0.4) is 0 Å². The first-order chi connectivity index (χ1) is 26.7. The van der Waals surface area contributed by atoms with E-state index in [2.05, 4.69) is 66.1 Å². The summed E-state index contributed by atoms with van der Waals surface area (Å²) >= 11 is 0. The lowest BCUT2D eigenvalue weighted by Crippen LogP contribution is -2.35. The molecule has 0 saturated heterocycles. The molecule has 4 rings (SSSR count). The number of hydrogen-bond donors (Lipinski definition) is 6. The predicted octanol–water partition coefficient (Wildman–Crippen LogP) is 6.73. The number of aryl methyl sites for hydroxylation is 3. The number of phenolic OH excluding ortho intramolecular Hbond substituents is 1. The monoisotopic (exact) mass is 751 g/mol. The summed E-state index contributed by atoms with van der Waals surface area (Å²) in [6.07, 6.45) is 15.1. The minimum atomic E-state index is -0.619. The fourth-order valence-corrected chi connectivity index (χ4v) is 7.42. The fraction of sp³-hybridized carbons (Fsp3) is 0.435. The summed E-state index contributed by atoms with van der Waals surface area (Å²) in [4.78, 5) is 25.8. The van der Waals surface area contributed by atoms with Gasteiger partial charge in [-0.25, -0.2) is 0 Å². The van der Waals surface area contributed by atoms with E-state index >= 15 is 0 Å². The van der Waals surface area contributed by atoms with Crippen LogP contribution in [0, 0.1) is 11.8 Å². The largest absolute Gasteiger partial charge is 0.504 e. The summed E-state index contributed by atoms with van der Waals surface area (Å²) in [5.41, 5.74) is 13.6. The molecule has 1 aliphatic rings. The third-order valence-corrected chi connectivity index (χ3v) is 10.2. The van der Waals surface area contributed by atoms with E-state index in [-0.39, 0.29) is 42.3 Å². The number of nitrogens with one attached hydrogen (secondary N) is 2. The molecule has 1 aliphatic heterocycles. The van der Waals surface area contributed by atoms with E-state index in [1.165, 1.54) is 22.8 Å². The molecule has 0 bridgehead atoms. The summed E-state index contributed by atoms with van der Waals surface area (Å²) in [6.45, 7) is 2.68. The highest BCUT2D eigenvalue weighted by Gasteiger charge is 2.18. The zero-order valence-corrected chi connectivity index (χ0v) is 32.6. The van der Waals surface area contributed by atoms with E-state index in [0.717, 1.165) is 74.6 Å². The van der Waals surface area contributed by atoms with E-state index in [0.29, 0.717) is 36.7 Å². The van der Waals surface area contributed by atoms with E-state index < -0.39 is 6.79 Å². The molecular formula is C46H61N3O6. The number of carbonyl (C=O) groups excluding carboxylic acids is 2. The van der Waals surface area contributed by atoms with Crippen LogP contribution in [0.4, 0.5) is 0 Å². The number of Topliss-reactive ketones (excluding diaryl/α,β-unsaturated/α-hetero) is 1. The molecule has 3 aromatic carbocycles. The van der Waals surface area contributed by atoms with Crippen molar-refractivity contribution in [2.45, 2.75) is 90.1 Å². The number of rotatable bonds is 25. The highest BCUT2D eigenvalue weighted by Crippen LogP contribution is 2.34. The Morgan fingerprint density at radius 1 is 0.927 bits per heavy atom. The van der Waals surface area contributed by atoms with Gasteiger partial charge >= 0.3 is 0 Å². The Bertz CT molecular complexity index is 1750. The lowest BCUT2D eigenvalue weighted by molar-refractivity contribution is -0.124. The smallest absolute Gasteiger partial charge is 0.186 e. The number of hydrogen-bond acceptors (Lipinski definition) is 9. The van der Waals surface area contributed by atoms with Crippen LogP contribution in [-0.2, 0) is 35.3 Å². The lowest BCUT2D eigenvalue weighted by Gasteiger charge is -2.23. The molecule has 0 spiro atoms. The molecule has 296 valence electrons. The number of dihydropyridines is 1. The number of ketones is 2. The number of phenols is 1. The molecular weight excluding hydrogens is 691 g/mol. The SMILES string of the molecule is CNCC(C)CC(CCCO)CCCC(=O)CC(=O)C=Cc1cc(OCO)c(O)cc1CC1=CNC(N)C=C1CCc1cccc(CCc2ccccc2)c1. The van der Waals surface area contributed by atoms with E-state index in [1.54, 1.807) is 18.2 Å². The van der Waals surface area contributed by atoms with Crippen LogP contribution >= 0.6 is 0 Å². The third kappa shape index (κ3) is 15.3. The molecule has 0 fully saturated rings. The van der Waals surface area contributed by atoms with Crippen molar-refractivity contribution in [3.63, 3.8) is 0 Å². The second kappa shape index (κ2) is 23.4. The van der Waals surface area contributed by atoms with Gasteiger partial charge in [0.2, 0.25) is 0 Å². The van der Waals surface area contributed by atoms with Crippen LogP contribution in [0.5, 0.6) is 11.5 Å². The third-order valence-electron chi connectivity index (χ3n) is 10.2. The Balaban J connectivity index is 1.39. The first kappa shape index (κ1) is 43.2. The average Bonchev–Trinajstić information content (AvgIpc) is 3.17. The number of benzene rings is 3. The molecule has 7 N–H and O–H groups in total. The van der Waals surface area contributed by atoms with Crippen LogP contribution in [0.2, 0.25) is 0 Å². The summed E-state index contributed by atoms with van der Waals surface area (Å²) < 4.78 is 5.25. The standard InChI is InChI=1S/C46H61N3O6/c1-33(30-48-2)23-35(14-8-22-50)13-7-15-42(52)29-43(53)21-20-38-27-45(55-32-51)44(54)26-40(38)25-41-31-49-46(47)28-39(41)19-18-37-12-6-11-36(24-37)17-16-34-9-4-3-5-10-34/h3-6,9-12,20-21,24,26-28,31,33,35,46,48-51,54H,7-8,13-19,22-23,25,29-30,32,47H2,1-2H3. The summed E-state index contributed by atoms with van der Waals surface area (Å²) in [5, 5.41) is 35.9. The molecule has 3 atom stereocenters. The van der Waals surface area contributed by atoms with Crippen molar-refractivity contribution >= 4 is 17.6 Å². The zero-order chi connectivity index (χ0) is 39.4. The lowest BCUT2D eigenvalue weighted by atomic mass is 9.87. The van der Waals surface area contributed by atoms with Crippen LogP contribution in [0.25, 0.3) is 6.08 Å². The molecule has 0 saturated carbocycles. The maximum Gasteiger partial charge on any atom is 0.186 e. The normalized spacial score (nSPS) is 15.3. The van der Waals surface area contributed by atoms with Gasteiger partial charge in [0.15, 0.2) is 24.1 Å². The van der Waals surface area contributed by atoms with Gasteiger partial charge in [0.05, 0.1) is 12.6 Å². The highest BCUT2D eigenvalue weighted by molar-refractivity contribution is 6.06. The van der Waals surface area contributed by atoms with Gasteiger partial charge in [-0.15, -0.1) is 0 Å². The van der Waals surface area contributed by atoms with E-state index in [9.17, 15) is 24.9 Å². The van der Waals surface area contributed by atoms with Crippen LogP contribution < -0.4 is 21.1 Å².